The summed E-state index contributed by atoms with van der Waals surface area (Å²) < 4.78 is -0.0479. The van der Waals surface area contributed by atoms with Gasteiger partial charge in [-0.15, -0.1) is 0 Å². The van der Waals surface area contributed by atoms with Crippen molar-refractivity contribution in [3.8, 4) is 0 Å². The minimum Gasteiger partial charge on any atom is -0.478 e. The van der Waals surface area contributed by atoms with Gasteiger partial charge in [-0.2, -0.15) is 0 Å². The molecule has 0 spiro atoms. The molecule has 1 N–H and O–H groups in total. The van der Waals surface area contributed by atoms with Gasteiger partial charge in [0.05, 0.1) is 0 Å². The fourth-order valence-corrected chi connectivity index (χ4v) is 2.64. The number of aliphatic carboxylic acids is 1. The first-order valence-electron chi connectivity index (χ1n) is 4.65. The van der Waals surface area contributed by atoms with Gasteiger partial charge in [0, 0.05) is 9.90 Å². The van der Waals surface area contributed by atoms with Gasteiger partial charge >= 0.3 is 5.97 Å². The molecule has 0 aromatic heterocycles. The van der Waals surface area contributed by atoms with Gasteiger partial charge in [-0.25, -0.2) is 4.79 Å². The van der Waals surface area contributed by atoms with Crippen molar-refractivity contribution in [3.05, 3.63) is 11.6 Å². The van der Waals surface area contributed by atoms with E-state index in [4.69, 9.17) is 5.11 Å². The number of carbonyl (C=O) groups is 1. The van der Waals surface area contributed by atoms with Crippen molar-refractivity contribution in [2.24, 2.45) is 0 Å². The highest BCUT2D eigenvalue weighted by atomic mass is 79.9. The average molecular weight is 247 g/mol. The minimum absolute atomic E-state index is 0.0479. The predicted molar refractivity (Wildman–Crippen MR) is 56.1 cm³/mol. The van der Waals surface area contributed by atoms with Crippen LogP contribution in [0.25, 0.3) is 0 Å². The minimum atomic E-state index is -0.815. The number of allylic oxidation sites excluding steroid dienone is 1. The molecule has 0 bridgehead atoms. The van der Waals surface area contributed by atoms with Crippen molar-refractivity contribution in [3.63, 3.8) is 0 Å². The van der Waals surface area contributed by atoms with E-state index in [9.17, 15) is 4.79 Å². The largest absolute Gasteiger partial charge is 0.478 e. The Kier molecular flexibility index (Phi) is 3.54. The molecular formula is C10H15BrO2. The molecule has 0 amide bonds. The summed E-state index contributed by atoms with van der Waals surface area (Å²) in [6.45, 7) is 1.65. The van der Waals surface area contributed by atoms with Crippen LogP contribution in [0.4, 0.5) is 0 Å². The van der Waals surface area contributed by atoms with E-state index in [0.29, 0.717) is 5.57 Å². The zero-order valence-electron chi connectivity index (χ0n) is 7.85. The summed E-state index contributed by atoms with van der Waals surface area (Å²) in [5, 5.41) is 8.74. The Morgan fingerprint density at radius 3 is 2.38 bits per heavy atom. The molecule has 0 saturated heterocycles. The highest BCUT2D eigenvalue weighted by molar-refractivity contribution is 9.10. The molecule has 1 fully saturated rings. The van der Waals surface area contributed by atoms with Crippen molar-refractivity contribution >= 4 is 21.9 Å². The third kappa shape index (κ3) is 3.14. The molecule has 0 aromatic rings. The van der Waals surface area contributed by atoms with Crippen molar-refractivity contribution < 1.29 is 9.90 Å². The first kappa shape index (κ1) is 10.8. The number of hydrogen-bond donors (Lipinski definition) is 1. The molecule has 0 radical (unpaired) electrons. The van der Waals surface area contributed by atoms with Crippen LogP contribution in [-0.4, -0.2) is 15.4 Å². The molecule has 0 aromatic carbocycles. The lowest BCUT2D eigenvalue weighted by atomic mass is 9.88. The van der Waals surface area contributed by atoms with Crippen LogP contribution in [0.5, 0.6) is 0 Å². The summed E-state index contributed by atoms with van der Waals surface area (Å²) in [4.78, 5) is 10.6. The monoisotopic (exact) mass is 246 g/mol. The van der Waals surface area contributed by atoms with Gasteiger partial charge in [0.25, 0.3) is 0 Å². The maximum Gasteiger partial charge on any atom is 0.330 e. The van der Waals surface area contributed by atoms with Crippen LogP contribution >= 0.6 is 15.9 Å². The Bertz CT molecular complexity index is 227. The first-order valence-corrected chi connectivity index (χ1v) is 5.44. The third-order valence-electron chi connectivity index (χ3n) is 2.50. The van der Waals surface area contributed by atoms with E-state index in [-0.39, 0.29) is 4.32 Å². The molecule has 0 atom stereocenters. The third-order valence-corrected chi connectivity index (χ3v) is 3.52. The molecule has 74 valence electrons. The maximum absolute atomic E-state index is 10.6. The normalized spacial score (nSPS) is 22.8. The lowest BCUT2D eigenvalue weighted by molar-refractivity contribution is -0.132. The quantitative estimate of drug-likeness (QED) is 0.601. The zero-order valence-corrected chi connectivity index (χ0v) is 9.43. The van der Waals surface area contributed by atoms with Gasteiger partial charge in [0.1, 0.15) is 0 Å². The van der Waals surface area contributed by atoms with Gasteiger partial charge in [-0.1, -0.05) is 41.3 Å². The van der Waals surface area contributed by atoms with E-state index in [2.05, 4.69) is 15.9 Å². The maximum atomic E-state index is 10.6. The molecule has 13 heavy (non-hydrogen) atoms. The summed E-state index contributed by atoms with van der Waals surface area (Å²) >= 11 is 3.63. The number of halogens is 1. The molecule has 1 saturated carbocycles. The van der Waals surface area contributed by atoms with Gasteiger partial charge in [0.15, 0.2) is 0 Å². The fourth-order valence-electron chi connectivity index (χ4n) is 1.73. The summed E-state index contributed by atoms with van der Waals surface area (Å²) in [5.41, 5.74) is 0.443. The highest BCUT2D eigenvalue weighted by Crippen LogP contribution is 2.37. The van der Waals surface area contributed by atoms with E-state index in [1.54, 1.807) is 6.92 Å². The average Bonchev–Trinajstić information content (AvgIpc) is 2.04. The number of carboxylic acid groups (broad SMARTS) is 1. The SMILES string of the molecule is CC(=CC1(Br)CCCCC1)C(=O)O. The molecular weight excluding hydrogens is 232 g/mol. The Labute approximate surface area is 87.2 Å². The topological polar surface area (TPSA) is 37.3 Å². The van der Waals surface area contributed by atoms with Crippen molar-refractivity contribution in [1.29, 1.82) is 0 Å². The van der Waals surface area contributed by atoms with Gasteiger partial charge in [-0.05, 0) is 19.8 Å². The molecule has 0 unspecified atom stereocenters. The van der Waals surface area contributed by atoms with E-state index in [1.807, 2.05) is 6.08 Å². The Morgan fingerprint density at radius 2 is 1.92 bits per heavy atom. The smallest absolute Gasteiger partial charge is 0.330 e. The lowest BCUT2D eigenvalue weighted by Gasteiger charge is -2.28. The molecule has 1 aliphatic carbocycles. The van der Waals surface area contributed by atoms with Crippen LogP contribution in [0.3, 0.4) is 0 Å². The molecule has 1 aliphatic rings. The predicted octanol–water partition coefficient (Wildman–Crippen LogP) is 3.12. The van der Waals surface area contributed by atoms with Crippen molar-refractivity contribution in [2.75, 3.05) is 0 Å². The Balaban J connectivity index is 2.68. The molecule has 0 aliphatic heterocycles. The van der Waals surface area contributed by atoms with E-state index < -0.39 is 5.97 Å². The second-order valence-electron chi connectivity index (χ2n) is 3.73. The summed E-state index contributed by atoms with van der Waals surface area (Å²) in [6, 6.07) is 0. The van der Waals surface area contributed by atoms with Gasteiger partial charge < -0.3 is 5.11 Å². The highest BCUT2D eigenvalue weighted by Gasteiger charge is 2.27. The van der Waals surface area contributed by atoms with Crippen LogP contribution in [0, 0.1) is 0 Å². The van der Waals surface area contributed by atoms with Gasteiger partial charge in [-0.3, -0.25) is 0 Å². The Morgan fingerprint density at radius 1 is 1.38 bits per heavy atom. The molecule has 0 heterocycles. The second-order valence-corrected chi connectivity index (χ2v) is 5.31. The fraction of sp³-hybridized carbons (Fsp3) is 0.700. The van der Waals surface area contributed by atoms with Crippen LogP contribution in [0.15, 0.2) is 11.6 Å². The van der Waals surface area contributed by atoms with Crippen molar-refractivity contribution in [1.82, 2.24) is 0 Å². The van der Waals surface area contributed by atoms with Gasteiger partial charge in [0.2, 0.25) is 0 Å². The van der Waals surface area contributed by atoms with Crippen LogP contribution in [-0.2, 0) is 4.79 Å². The van der Waals surface area contributed by atoms with Crippen LogP contribution in [0.2, 0.25) is 0 Å². The standard InChI is InChI=1S/C10H15BrO2/c1-8(9(12)13)7-10(11)5-3-2-4-6-10/h7H,2-6H2,1H3,(H,12,13). The second kappa shape index (κ2) is 4.27. The first-order chi connectivity index (χ1) is 6.03. The summed E-state index contributed by atoms with van der Waals surface area (Å²) in [6.07, 6.45) is 7.61. The van der Waals surface area contributed by atoms with Crippen LogP contribution in [0.1, 0.15) is 39.0 Å². The number of carboxylic acids is 1. The molecule has 1 rings (SSSR count). The van der Waals surface area contributed by atoms with Crippen LogP contribution < -0.4 is 0 Å². The number of alkyl halides is 1. The van der Waals surface area contributed by atoms with E-state index in [0.717, 1.165) is 12.8 Å². The summed E-state index contributed by atoms with van der Waals surface area (Å²) in [7, 11) is 0. The lowest BCUT2D eigenvalue weighted by Crippen LogP contribution is -2.22. The van der Waals surface area contributed by atoms with Crippen molar-refractivity contribution in [2.45, 2.75) is 43.4 Å². The van der Waals surface area contributed by atoms with E-state index >= 15 is 0 Å². The number of rotatable bonds is 2. The molecule has 2 nitrogen and oxygen atoms in total. The molecule has 3 heteroatoms. The summed E-state index contributed by atoms with van der Waals surface area (Å²) in [5.74, 6) is -0.815. The zero-order chi connectivity index (χ0) is 9.90. The number of hydrogen-bond acceptors (Lipinski definition) is 1. The van der Waals surface area contributed by atoms with E-state index in [1.165, 1.54) is 19.3 Å². The Hall–Kier alpha value is -0.310.